The van der Waals surface area contributed by atoms with Gasteiger partial charge in [0.1, 0.15) is 6.04 Å². The molecule has 3 saturated heterocycles. The fraction of sp³-hybridized carbons (Fsp3) is 0.696. The molecule has 3 aliphatic rings. The number of aliphatic hydroxyl groups is 1. The fourth-order valence-electron chi connectivity index (χ4n) is 5.55. The standard InChI is InChI=1S/C23H34BrN3O4S/c1-5-8-11-26(10-7-3)22(31)19-23-14-15(24)18(32-23)16(20(29)25(4)9-6-2)17(23)21(30)27(19)12-13-28/h6-7,15-19,28H,2-3,5,8-14H2,1,4H3/t15?,16-,17-,18-,19?,23?/m0/s1. The van der Waals surface area contributed by atoms with Crippen molar-refractivity contribution in [2.45, 2.75) is 47.1 Å². The minimum atomic E-state index is -0.693. The highest BCUT2D eigenvalue weighted by Gasteiger charge is 2.75. The smallest absolute Gasteiger partial charge is 0.247 e. The van der Waals surface area contributed by atoms with Crippen LogP contribution in [0.15, 0.2) is 25.3 Å². The second kappa shape index (κ2) is 10.3. The van der Waals surface area contributed by atoms with E-state index < -0.39 is 22.6 Å². The molecule has 0 aliphatic carbocycles. The molecule has 0 aromatic rings. The van der Waals surface area contributed by atoms with E-state index in [-0.39, 0.29) is 41.0 Å². The first-order chi connectivity index (χ1) is 15.3. The first kappa shape index (κ1) is 25.3. The molecule has 0 aromatic carbocycles. The molecular weight excluding hydrogens is 494 g/mol. The van der Waals surface area contributed by atoms with Crippen molar-refractivity contribution in [3.05, 3.63) is 25.3 Å². The molecule has 2 bridgehead atoms. The van der Waals surface area contributed by atoms with Crippen molar-refractivity contribution in [1.82, 2.24) is 14.7 Å². The largest absolute Gasteiger partial charge is 0.395 e. The predicted octanol–water partition coefficient (Wildman–Crippen LogP) is 1.90. The number of carbonyl (C=O) groups is 3. The molecule has 1 N–H and O–H groups in total. The SMILES string of the molecule is C=CCN(C)C(=O)[C@H]1[C@H]2C(=O)N(CCO)C(C(=O)N(CC=C)CCCC)C23CC(Br)[C@@H]1S3. The van der Waals surface area contributed by atoms with E-state index in [1.165, 1.54) is 4.90 Å². The highest BCUT2D eigenvalue weighted by Crippen LogP contribution is 2.68. The van der Waals surface area contributed by atoms with Gasteiger partial charge in [-0.15, -0.1) is 24.9 Å². The molecule has 178 valence electrons. The summed E-state index contributed by atoms with van der Waals surface area (Å²) in [5, 5.41) is 9.64. The minimum Gasteiger partial charge on any atom is -0.395 e. The van der Waals surface area contributed by atoms with Gasteiger partial charge < -0.3 is 19.8 Å². The Morgan fingerprint density at radius 3 is 2.59 bits per heavy atom. The lowest BCUT2D eigenvalue weighted by molar-refractivity contribution is -0.144. The summed E-state index contributed by atoms with van der Waals surface area (Å²) >= 11 is 5.38. The number of halogens is 1. The van der Waals surface area contributed by atoms with Crippen molar-refractivity contribution < 1.29 is 19.5 Å². The lowest BCUT2D eigenvalue weighted by Gasteiger charge is -2.38. The number of alkyl halides is 1. The molecule has 3 unspecified atom stereocenters. The number of fused-ring (bicyclic) bond motifs is 1. The number of amides is 3. The van der Waals surface area contributed by atoms with E-state index in [0.29, 0.717) is 26.1 Å². The molecule has 0 aromatic heterocycles. The van der Waals surface area contributed by atoms with Crippen LogP contribution in [0.1, 0.15) is 26.2 Å². The van der Waals surface area contributed by atoms with Crippen LogP contribution in [0.25, 0.3) is 0 Å². The van der Waals surface area contributed by atoms with Gasteiger partial charge in [0.25, 0.3) is 0 Å². The van der Waals surface area contributed by atoms with Gasteiger partial charge in [-0.2, -0.15) is 0 Å². The molecular formula is C23H34BrN3O4S. The Balaban J connectivity index is 2.02. The fourth-order valence-corrected chi connectivity index (χ4v) is 9.15. The third-order valence-corrected chi connectivity index (χ3v) is 10.1. The first-order valence-corrected chi connectivity index (χ1v) is 13.1. The van der Waals surface area contributed by atoms with E-state index in [1.807, 2.05) is 0 Å². The number of hydrogen-bond acceptors (Lipinski definition) is 5. The van der Waals surface area contributed by atoms with Gasteiger partial charge in [-0.05, 0) is 12.8 Å². The summed E-state index contributed by atoms with van der Waals surface area (Å²) in [7, 11) is 1.72. The van der Waals surface area contributed by atoms with Crippen molar-refractivity contribution >= 4 is 45.4 Å². The number of hydrogen-bond donors (Lipinski definition) is 1. The topological polar surface area (TPSA) is 81.2 Å². The maximum Gasteiger partial charge on any atom is 0.247 e. The van der Waals surface area contributed by atoms with Crippen molar-refractivity contribution in [2.24, 2.45) is 11.8 Å². The van der Waals surface area contributed by atoms with Crippen LogP contribution < -0.4 is 0 Å². The number of thioether (sulfide) groups is 1. The Bertz CT molecular complexity index is 780. The molecule has 9 heteroatoms. The third-order valence-electron chi connectivity index (χ3n) is 6.87. The predicted molar refractivity (Wildman–Crippen MR) is 131 cm³/mol. The van der Waals surface area contributed by atoms with Crippen LogP contribution in [0.2, 0.25) is 0 Å². The van der Waals surface area contributed by atoms with Crippen LogP contribution in [-0.4, -0.2) is 98.2 Å². The average Bonchev–Trinajstić information content (AvgIpc) is 3.34. The maximum absolute atomic E-state index is 13.9. The van der Waals surface area contributed by atoms with Gasteiger partial charge in [-0.1, -0.05) is 41.4 Å². The van der Waals surface area contributed by atoms with E-state index in [2.05, 4.69) is 36.0 Å². The quantitative estimate of drug-likeness (QED) is 0.328. The number of β-amino-alcohol motifs (C(OH)–C–C–N with tert-alkyl or cyclic N) is 1. The Labute approximate surface area is 203 Å². The van der Waals surface area contributed by atoms with Gasteiger partial charge in [0.2, 0.25) is 17.7 Å². The lowest BCUT2D eigenvalue weighted by Crippen LogP contribution is -2.56. The number of likely N-dealkylation sites (tertiary alicyclic amines) is 1. The van der Waals surface area contributed by atoms with E-state index in [4.69, 9.17) is 0 Å². The molecule has 3 fully saturated rings. The molecule has 6 atom stereocenters. The summed E-state index contributed by atoms with van der Waals surface area (Å²) in [6, 6.07) is -0.693. The van der Waals surface area contributed by atoms with Crippen molar-refractivity contribution in [1.29, 1.82) is 0 Å². The van der Waals surface area contributed by atoms with Crippen LogP contribution in [0.4, 0.5) is 0 Å². The highest BCUT2D eigenvalue weighted by atomic mass is 79.9. The molecule has 7 nitrogen and oxygen atoms in total. The normalized spacial score (nSPS) is 32.7. The molecule has 0 saturated carbocycles. The van der Waals surface area contributed by atoms with Crippen LogP contribution in [0.5, 0.6) is 0 Å². The Morgan fingerprint density at radius 1 is 1.31 bits per heavy atom. The van der Waals surface area contributed by atoms with E-state index in [0.717, 1.165) is 12.8 Å². The number of aliphatic hydroxyl groups excluding tert-OH is 1. The summed E-state index contributed by atoms with van der Waals surface area (Å²) < 4.78 is -0.677. The second-order valence-electron chi connectivity index (χ2n) is 8.85. The zero-order valence-electron chi connectivity index (χ0n) is 18.9. The van der Waals surface area contributed by atoms with Gasteiger partial charge in [-0.25, -0.2) is 0 Å². The zero-order chi connectivity index (χ0) is 23.6. The molecule has 0 radical (unpaired) electrons. The highest BCUT2D eigenvalue weighted by molar-refractivity contribution is 9.09. The van der Waals surface area contributed by atoms with Crippen LogP contribution in [0, 0.1) is 11.8 Å². The number of likely N-dealkylation sites (N-methyl/N-ethyl adjacent to an activating group) is 1. The molecule has 1 spiro atoms. The van der Waals surface area contributed by atoms with Gasteiger partial charge in [0, 0.05) is 43.3 Å². The van der Waals surface area contributed by atoms with Gasteiger partial charge >= 0.3 is 0 Å². The van der Waals surface area contributed by atoms with Crippen molar-refractivity contribution in [3.63, 3.8) is 0 Å². The number of nitrogens with zero attached hydrogens (tertiary/aromatic N) is 3. The molecule has 32 heavy (non-hydrogen) atoms. The van der Waals surface area contributed by atoms with E-state index >= 15 is 0 Å². The minimum absolute atomic E-state index is 0.0375. The van der Waals surface area contributed by atoms with Crippen molar-refractivity contribution in [3.8, 4) is 0 Å². The first-order valence-electron chi connectivity index (χ1n) is 11.3. The second-order valence-corrected chi connectivity index (χ2v) is 11.6. The molecule has 3 amide bonds. The van der Waals surface area contributed by atoms with Gasteiger partial charge in [0.15, 0.2) is 0 Å². The Kier molecular flexibility index (Phi) is 8.15. The summed E-state index contributed by atoms with van der Waals surface area (Å²) in [4.78, 5) is 45.9. The average molecular weight is 529 g/mol. The van der Waals surface area contributed by atoms with Crippen LogP contribution >= 0.6 is 27.7 Å². The maximum atomic E-state index is 13.9. The summed E-state index contributed by atoms with van der Waals surface area (Å²) in [5.41, 5.74) is 0. The molecule has 3 rings (SSSR count). The third kappa shape index (κ3) is 4.05. The summed E-state index contributed by atoms with van der Waals surface area (Å²) in [6.45, 7) is 10.9. The van der Waals surface area contributed by atoms with E-state index in [9.17, 15) is 19.5 Å². The van der Waals surface area contributed by atoms with Crippen molar-refractivity contribution in [2.75, 3.05) is 39.8 Å². The van der Waals surface area contributed by atoms with Crippen LogP contribution in [0.3, 0.4) is 0 Å². The van der Waals surface area contributed by atoms with Crippen LogP contribution in [-0.2, 0) is 14.4 Å². The number of unbranched alkanes of at least 4 members (excludes halogenated alkanes) is 1. The molecule has 3 aliphatic heterocycles. The van der Waals surface area contributed by atoms with Gasteiger partial charge in [-0.3, -0.25) is 14.4 Å². The lowest BCUT2D eigenvalue weighted by atomic mass is 9.70. The summed E-state index contributed by atoms with van der Waals surface area (Å²) in [5.74, 6) is -1.45. The number of carbonyl (C=O) groups excluding carboxylic acids is 3. The monoisotopic (exact) mass is 527 g/mol. The summed E-state index contributed by atoms with van der Waals surface area (Å²) in [6.07, 6.45) is 5.83. The number of rotatable bonds is 11. The zero-order valence-corrected chi connectivity index (χ0v) is 21.3. The van der Waals surface area contributed by atoms with Gasteiger partial charge in [0.05, 0.1) is 23.2 Å². The molecule has 3 heterocycles. The van der Waals surface area contributed by atoms with E-state index in [1.54, 1.807) is 40.8 Å². The Morgan fingerprint density at radius 2 is 2.00 bits per heavy atom. The Hall–Kier alpha value is -1.32.